The highest BCUT2D eigenvalue weighted by atomic mass is 79.9. The highest BCUT2D eigenvalue weighted by Gasteiger charge is 2.17. The van der Waals surface area contributed by atoms with Gasteiger partial charge in [0.25, 0.3) is 0 Å². The number of rotatable bonds is 4. The molecule has 0 aliphatic rings. The van der Waals surface area contributed by atoms with Crippen LogP contribution in [-0.4, -0.2) is 0 Å². The fourth-order valence-corrected chi connectivity index (χ4v) is 2.27. The first-order chi connectivity index (χ1) is 8.97. The van der Waals surface area contributed by atoms with Gasteiger partial charge in [-0.25, -0.2) is 8.78 Å². The molecule has 102 valence electrons. The van der Waals surface area contributed by atoms with Crippen LogP contribution in [0.5, 0.6) is 0 Å². The SMILES string of the molecule is CC(NC(C)c1cc(F)ccc1F)c1ccc(Br)o1. The summed E-state index contributed by atoms with van der Waals surface area (Å²) in [7, 11) is 0. The van der Waals surface area contributed by atoms with Gasteiger partial charge in [0.05, 0.1) is 6.04 Å². The van der Waals surface area contributed by atoms with Crippen molar-refractivity contribution in [2.75, 3.05) is 0 Å². The fraction of sp³-hybridized carbons (Fsp3) is 0.286. The average molecular weight is 330 g/mol. The lowest BCUT2D eigenvalue weighted by atomic mass is 10.1. The van der Waals surface area contributed by atoms with E-state index in [0.29, 0.717) is 10.2 Å². The summed E-state index contributed by atoms with van der Waals surface area (Å²) in [4.78, 5) is 0. The molecule has 2 aromatic rings. The lowest BCUT2D eigenvalue weighted by molar-refractivity contribution is 0.388. The molecule has 0 spiro atoms. The number of furan rings is 1. The van der Waals surface area contributed by atoms with Gasteiger partial charge in [-0.05, 0) is 60.1 Å². The minimum Gasteiger partial charge on any atom is -0.453 e. The second-order valence-electron chi connectivity index (χ2n) is 4.42. The Morgan fingerprint density at radius 2 is 1.84 bits per heavy atom. The Balaban J connectivity index is 2.12. The van der Waals surface area contributed by atoms with Gasteiger partial charge in [-0.2, -0.15) is 0 Å². The summed E-state index contributed by atoms with van der Waals surface area (Å²) in [6.07, 6.45) is 0. The molecule has 0 aliphatic carbocycles. The zero-order valence-corrected chi connectivity index (χ0v) is 12.2. The van der Waals surface area contributed by atoms with Gasteiger partial charge in [0.15, 0.2) is 4.67 Å². The van der Waals surface area contributed by atoms with Crippen LogP contribution in [0.25, 0.3) is 0 Å². The monoisotopic (exact) mass is 329 g/mol. The third-order valence-electron chi connectivity index (χ3n) is 2.95. The van der Waals surface area contributed by atoms with Gasteiger partial charge < -0.3 is 9.73 Å². The summed E-state index contributed by atoms with van der Waals surface area (Å²) in [5, 5.41) is 3.17. The number of hydrogen-bond donors (Lipinski definition) is 1. The van der Waals surface area contributed by atoms with Crippen LogP contribution in [0.2, 0.25) is 0 Å². The summed E-state index contributed by atoms with van der Waals surface area (Å²) in [5.41, 5.74) is 0.303. The molecule has 2 unspecified atom stereocenters. The zero-order chi connectivity index (χ0) is 14.0. The van der Waals surface area contributed by atoms with Crippen molar-refractivity contribution in [3.63, 3.8) is 0 Å². The van der Waals surface area contributed by atoms with E-state index in [-0.39, 0.29) is 12.1 Å². The standard InChI is InChI=1S/C14H14BrF2NO/c1-8(11-7-10(16)3-4-12(11)17)18-9(2)13-5-6-14(15)19-13/h3-9,18H,1-2H3. The van der Waals surface area contributed by atoms with Crippen LogP contribution in [0.1, 0.15) is 37.3 Å². The summed E-state index contributed by atoms with van der Waals surface area (Å²) in [6, 6.07) is 6.64. The molecule has 2 nitrogen and oxygen atoms in total. The lowest BCUT2D eigenvalue weighted by Crippen LogP contribution is -2.23. The summed E-state index contributed by atoms with van der Waals surface area (Å²) in [5.74, 6) is -0.136. The molecule has 0 bridgehead atoms. The molecule has 0 aliphatic heterocycles. The van der Waals surface area contributed by atoms with Crippen LogP contribution in [0.3, 0.4) is 0 Å². The summed E-state index contributed by atoms with van der Waals surface area (Å²) < 4.78 is 32.9. The van der Waals surface area contributed by atoms with Gasteiger partial charge >= 0.3 is 0 Å². The molecule has 1 heterocycles. The number of hydrogen-bond acceptors (Lipinski definition) is 2. The van der Waals surface area contributed by atoms with Crippen LogP contribution in [0.4, 0.5) is 8.78 Å². The maximum Gasteiger partial charge on any atom is 0.169 e. The molecule has 2 atom stereocenters. The van der Waals surface area contributed by atoms with E-state index in [0.717, 1.165) is 17.9 Å². The molecule has 1 aromatic carbocycles. The predicted molar refractivity (Wildman–Crippen MR) is 72.7 cm³/mol. The van der Waals surface area contributed by atoms with Crippen molar-refractivity contribution < 1.29 is 13.2 Å². The average Bonchev–Trinajstić information content (AvgIpc) is 2.79. The van der Waals surface area contributed by atoms with E-state index in [1.165, 1.54) is 6.07 Å². The normalized spacial score (nSPS) is 14.4. The molecule has 1 N–H and O–H groups in total. The quantitative estimate of drug-likeness (QED) is 0.877. The molecule has 2 rings (SSSR count). The highest BCUT2D eigenvalue weighted by molar-refractivity contribution is 9.10. The smallest absolute Gasteiger partial charge is 0.169 e. The minimum absolute atomic E-state index is 0.107. The molecule has 19 heavy (non-hydrogen) atoms. The van der Waals surface area contributed by atoms with E-state index >= 15 is 0 Å². The summed E-state index contributed by atoms with van der Waals surface area (Å²) in [6.45, 7) is 3.69. The first-order valence-corrected chi connectivity index (χ1v) is 6.73. The molecule has 0 fully saturated rings. The Kier molecular flexibility index (Phi) is 4.37. The first kappa shape index (κ1) is 14.2. The maximum atomic E-state index is 13.6. The Morgan fingerprint density at radius 3 is 2.47 bits per heavy atom. The van der Waals surface area contributed by atoms with Crippen LogP contribution >= 0.6 is 15.9 Å². The van der Waals surface area contributed by atoms with Crippen molar-refractivity contribution in [3.05, 3.63) is 58.0 Å². The Labute approximate surface area is 118 Å². The zero-order valence-electron chi connectivity index (χ0n) is 10.6. The van der Waals surface area contributed by atoms with Gasteiger partial charge in [0, 0.05) is 11.6 Å². The van der Waals surface area contributed by atoms with Gasteiger partial charge in [-0.15, -0.1) is 0 Å². The van der Waals surface area contributed by atoms with Crippen LogP contribution < -0.4 is 5.32 Å². The molecule has 1 aromatic heterocycles. The molecule has 0 radical (unpaired) electrons. The fourth-order valence-electron chi connectivity index (χ4n) is 1.95. The van der Waals surface area contributed by atoms with Crippen molar-refractivity contribution in [2.24, 2.45) is 0 Å². The summed E-state index contributed by atoms with van der Waals surface area (Å²) >= 11 is 3.23. The van der Waals surface area contributed by atoms with E-state index in [1.54, 1.807) is 13.0 Å². The van der Waals surface area contributed by atoms with E-state index in [4.69, 9.17) is 4.42 Å². The second kappa shape index (κ2) is 5.84. The number of benzene rings is 1. The van der Waals surface area contributed by atoms with Gasteiger partial charge in [0.1, 0.15) is 17.4 Å². The Morgan fingerprint density at radius 1 is 1.11 bits per heavy atom. The van der Waals surface area contributed by atoms with Crippen LogP contribution in [0.15, 0.2) is 39.4 Å². The van der Waals surface area contributed by atoms with Crippen molar-refractivity contribution in [3.8, 4) is 0 Å². The minimum atomic E-state index is -0.446. The van der Waals surface area contributed by atoms with Crippen molar-refractivity contribution >= 4 is 15.9 Å². The van der Waals surface area contributed by atoms with Gasteiger partial charge in [0.2, 0.25) is 0 Å². The van der Waals surface area contributed by atoms with Gasteiger partial charge in [-0.1, -0.05) is 0 Å². The Hall–Kier alpha value is -1.20. The third kappa shape index (κ3) is 3.42. The molecular weight excluding hydrogens is 316 g/mol. The lowest BCUT2D eigenvalue weighted by Gasteiger charge is -2.19. The van der Waals surface area contributed by atoms with E-state index in [1.807, 2.05) is 13.0 Å². The molecular formula is C14H14BrF2NO. The van der Waals surface area contributed by atoms with Crippen molar-refractivity contribution in [1.82, 2.24) is 5.32 Å². The topological polar surface area (TPSA) is 25.2 Å². The predicted octanol–water partition coefficient (Wildman–Crippen LogP) is 4.73. The van der Waals surface area contributed by atoms with E-state index in [2.05, 4.69) is 21.2 Å². The van der Waals surface area contributed by atoms with Crippen LogP contribution in [0, 0.1) is 11.6 Å². The highest BCUT2D eigenvalue weighted by Crippen LogP contribution is 2.24. The van der Waals surface area contributed by atoms with Crippen molar-refractivity contribution in [2.45, 2.75) is 25.9 Å². The third-order valence-corrected chi connectivity index (χ3v) is 3.37. The van der Waals surface area contributed by atoms with Crippen molar-refractivity contribution in [1.29, 1.82) is 0 Å². The van der Waals surface area contributed by atoms with Gasteiger partial charge in [-0.3, -0.25) is 0 Å². The van der Waals surface area contributed by atoms with E-state index in [9.17, 15) is 8.78 Å². The first-order valence-electron chi connectivity index (χ1n) is 5.93. The Bertz CT molecular complexity index is 570. The second-order valence-corrected chi connectivity index (χ2v) is 5.20. The molecule has 5 heteroatoms. The van der Waals surface area contributed by atoms with E-state index < -0.39 is 11.6 Å². The van der Waals surface area contributed by atoms with Crippen LogP contribution in [-0.2, 0) is 0 Å². The molecule has 0 saturated carbocycles. The molecule has 0 saturated heterocycles. The number of nitrogens with one attached hydrogen (secondary N) is 1. The molecule has 0 amide bonds. The number of halogens is 3. The largest absolute Gasteiger partial charge is 0.453 e. The maximum absolute atomic E-state index is 13.6.